The Morgan fingerprint density at radius 2 is 2.17 bits per heavy atom. The lowest BCUT2D eigenvalue weighted by molar-refractivity contribution is -0.750. The molecule has 0 saturated carbocycles. The molecule has 0 aliphatic heterocycles. The summed E-state index contributed by atoms with van der Waals surface area (Å²) >= 11 is 0. The standard InChI is InChI=1S/C12H13N3O3/c1-8-3-4-10(5-9(8)2)13-11(16)6-15-7-12(17)18-14-15/h3-5,7H,6H2,1-2H3,(H-,13,14,16,17)/p+1. The van der Waals surface area contributed by atoms with E-state index in [0.717, 1.165) is 11.3 Å². The van der Waals surface area contributed by atoms with Gasteiger partial charge in [-0.25, -0.2) is 4.79 Å². The van der Waals surface area contributed by atoms with E-state index < -0.39 is 5.63 Å². The average Bonchev–Trinajstić information content (AvgIpc) is 2.69. The number of carbonyl (C=O) groups excluding carboxylic acids is 1. The number of anilines is 1. The van der Waals surface area contributed by atoms with Crippen molar-refractivity contribution in [3.8, 4) is 0 Å². The molecular formula is C12H14N3O3+. The maximum atomic E-state index is 11.7. The van der Waals surface area contributed by atoms with Gasteiger partial charge in [-0.2, -0.15) is 0 Å². The van der Waals surface area contributed by atoms with Gasteiger partial charge in [0.2, 0.25) is 0 Å². The van der Waals surface area contributed by atoms with Crippen LogP contribution in [0.15, 0.2) is 33.7 Å². The first kappa shape index (κ1) is 12.1. The summed E-state index contributed by atoms with van der Waals surface area (Å²) in [5.41, 5.74) is 2.49. The number of aryl methyl sites for hydroxylation is 2. The maximum Gasteiger partial charge on any atom is 0.426 e. The lowest BCUT2D eigenvalue weighted by Crippen LogP contribution is -2.41. The number of benzene rings is 1. The molecule has 2 aromatic rings. The van der Waals surface area contributed by atoms with E-state index in [-0.39, 0.29) is 12.5 Å². The number of carbonyl (C=O) groups is 1. The molecule has 2 rings (SSSR count). The summed E-state index contributed by atoms with van der Waals surface area (Å²) in [6.07, 6.45) is 1.18. The molecule has 0 aliphatic carbocycles. The second-order valence-corrected chi connectivity index (χ2v) is 4.12. The predicted molar refractivity (Wildman–Crippen MR) is 64.1 cm³/mol. The van der Waals surface area contributed by atoms with Crippen LogP contribution in [0.2, 0.25) is 0 Å². The second-order valence-electron chi connectivity index (χ2n) is 4.12. The van der Waals surface area contributed by atoms with E-state index in [0.29, 0.717) is 0 Å². The molecule has 1 heterocycles. The van der Waals surface area contributed by atoms with Gasteiger partial charge in [-0.15, -0.1) is 0 Å². The summed E-state index contributed by atoms with van der Waals surface area (Å²) in [6, 6.07) is 5.68. The third-order valence-corrected chi connectivity index (χ3v) is 2.63. The monoisotopic (exact) mass is 248 g/mol. The van der Waals surface area contributed by atoms with Gasteiger partial charge in [-0.05, 0) is 42.4 Å². The molecule has 1 aromatic carbocycles. The van der Waals surface area contributed by atoms with Crippen LogP contribution in [0.5, 0.6) is 0 Å². The fourth-order valence-electron chi connectivity index (χ4n) is 1.54. The molecule has 0 fully saturated rings. The van der Waals surface area contributed by atoms with Crippen LogP contribution in [0.25, 0.3) is 0 Å². The van der Waals surface area contributed by atoms with Gasteiger partial charge < -0.3 is 5.32 Å². The summed E-state index contributed by atoms with van der Waals surface area (Å²) in [4.78, 5) is 22.5. The van der Waals surface area contributed by atoms with Crippen molar-refractivity contribution >= 4 is 11.6 Å². The molecule has 1 amide bonds. The molecule has 0 saturated heterocycles. The number of hydrogen-bond acceptors (Lipinski definition) is 3. The predicted octanol–water partition coefficient (Wildman–Crippen LogP) is 0.511. The fourth-order valence-corrected chi connectivity index (χ4v) is 1.54. The Balaban J connectivity index is 2.02. The molecule has 6 nitrogen and oxygen atoms in total. The number of rotatable bonds is 3. The summed E-state index contributed by atoms with van der Waals surface area (Å²) in [5, 5.41) is 5.06. The lowest BCUT2D eigenvalue weighted by Gasteiger charge is -2.05. The van der Waals surface area contributed by atoms with Crippen LogP contribution in [-0.4, -0.2) is 11.2 Å². The Bertz CT molecular complexity index is 627. The van der Waals surface area contributed by atoms with Crippen molar-refractivity contribution in [2.75, 3.05) is 5.32 Å². The van der Waals surface area contributed by atoms with Crippen molar-refractivity contribution in [3.05, 3.63) is 45.9 Å². The summed E-state index contributed by atoms with van der Waals surface area (Å²) in [7, 11) is 0. The molecule has 2 N–H and O–H groups in total. The molecule has 0 radical (unpaired) electrons. The highest BCUT2D eigenvalue weighted by Gasteiger charge is 2.13. The topological polar surface area (TPSA) is 79.0 Å². The maximum absolute atomic E-state index is 11.7. The molecule has 6 heteroatoms. The molecule has 0 bridgehead atoms. The van der Waals surface area contributed by atoms with E-state index in [1.807, 2.05) is 32.0 Å². The quantitative estimate of drug-likeness (QED) is 0.777. The first-order valence-corrected chi connectivity index (χ1v) is 5.49. The third kappa shape index (κ3) is 2.85. The van der Waals surface area contributed by atoms with Crippen LogP contribution < -0.4 is 15.6 Å². The number of aromatic amines is 1. The van der Waals surface area contributed by atoms with E-state index in [1.54, 1.807) is 0 Å². The van der Waals surface area contributed by atoms with E-state index >= 15 is 0 Å². The Labute approximate surface area is 103 Å². The largest absolute Gasteiger partial charge is 0.426 e. The van der Waals surface area contributed by atoms with Crippen LogP contribution in [-0.2, 0) is 11.3 Å². The summed E-state index contributed by atoms with van der Waals surface area (Å²) in [5.74, 6) is -0.236. The number of hydrogen-bond donors (Lipinski definition) is 2. The number of H-pyrrole nitrogens is 1. The lowest BCUT2D eigenvalue weighted by atomic mass is 10.1. The summed E-state index contributed by atoms with van der Waals surface area (Å²) in [6.45, 7) is 3.99. The number of aromatic nitrogens is 2. The fraction of sp³-hybridized carbons (Fsp3) is 0.250. The normalized spacial score (nSPS) is 10.3. The zero-order valence-electron chi connectivity index (χ0n) is 10.2. The van der Waals surface area contributed by atoms with E-state index in [2.05, 4.69) is 15.1 Å². The van der Waals surface area contributed by atoms with Gasteiger partial charge in [-0.1, -0.05) is 10.7 Å². The van der Waals surface area contributed by atoms with Gasteiger partial charge in [-0.3, -0.25) is 9.32 Å². The Morgan fingerprint density at radius 1 is 1.39 bits per heavy atom. The molecule has 0 aliphatic rings. The second kappa shape index (κ2) is 4.87. The number of nitrogens with one attached hydrogen (secondary N) is 2. The molecule has 94 valence electrons. The minimum Gasteiger partial charge on any atom is -0.320 e. The average molecular weight is 248 g/mol. The van der Waals surface area contributed by atoms with Crippen molar-refractivity contribution in [2.24, 2.45) is 0 Å². The van der Waals surface area contributed by atoms with E-state index in [1.165, 1.54) is 16.4 Å². The minimum atomic E-state index is -0.519. The van der Waals surface area contributed by atoms with Crippen LogP contribution >= 0.6 is 0 Å². The first-order valence-electron chi connectivity index (χ1n) is 5.49. The van der Waals surface area contributed by atoms with Crippen molar-refractivity contribution in [2.45, 2.75) is 20.4 Å². The summed E-state index contributed by atoms with van der Waals surface area (Å²) < 4.78 is 5.73. The molecule has 0 spiro atoms. The molecule has 1 aromatic heterocycles. The van der Waals surface area contributed by atoms with Crippen molar-refractivity contribution in [1.82, 2.24) is 5.27 Å². The Morgan fingerprint density at radius 3 is 2.78 bits per heavy atom. The van der Waals surface area contributed by atoms with Crippen LogP contribution in [0, 0.1) is 13.8 Å². The first-order chi connectivity index (χ1) is 8.54. The van der Waals surface area contributed by atoms with Gasteiger partial charge in [0.05, 0.1) is 0 Å². The molecule has 0 unspecified atom stereocenters. The van der Waals surface area contributed by atoms with Crippen LogP contribution in [0.3, 0.4) is 0 Å². The van der Waals surface area contributed by atoms with Crippen molar-refractivity contribution in [1.29, 1.82) is 0 Å². The molecular weight excluding hydrogens is 234 g/mol. The molecule has 18 heavy (non-hydrogen) atoms. The Kier molecular flexibility index (Phi) is 3.27. The van der Waals surface area contributed by atoms with Gasteiger partial charge in [0.25, 0.3) is 18.6 Å². The van der Waals surface area contributed by atoms with E-state index in [9.17, 15) is 9.59 Å². The highest BCUT2D eigenvalue weighted by Crippen LogP contribution is 2.13. The number of nitrogens with zero attached hydrogens (tertiary/aromatic N) is 1. The minimum absolute atomic E-state index is 0.00133. The third-order valence-electron chi connectivity index (χ3n) is 2.63. The highest BCUT2D eigenvalue weighted by molar-refractivity contribution is 5.89. The van der Waals surface area contributed by atoms with Gasteiger partial charge in [0.1, 0.15) is 0 Å². The molecule has 0 atom stereocenters. The van der Waals surface area contributed by atoms with Crippen molar-refractivity contribution in [3.63, 3.8) is 0 Å². The van der Waals surface area contributed by atoms with Gasteiger partial charge in [0, 0.05) is 5.69 Å². The van der Waals surface area contributed by atoms with E-state index in [4.69, 9.17) is 0 Å². The Hall–Kier alpha value is -2.37. The van der Waals surface area contributed by atoms with Crippen molar-refractivity contribution < 1.29 is 14.0 Å². The highest BCUT2D eigenvalue weighted by atomic mass is 16.5. The van der Waals surface area contributed by atoms with Gasteiger partial charge >= 0.3 is 5.63 Å². The zero-order valence-corrected chi connectivity index (χ0v) is 10.2. The SMILES string of the molecule is Cc1ccc(NC(=O)C[n+]2cc(=O)o[nH]2)cc1C. The number of amides is 1. The van der Waals surface area contributed by atoms with Crippen LogP contribution in [0.4, 0.5) is 5.69 Å². The smallest absolute Gasteiger partial charge is 0.320 e. The zero-order chi connectivity index (χ0) is 13.1. The van der Waals surface area contributed by atoms with Gasteiger partial charge in [0.15, 0.2) is 0 Å². The van der Waals surface area contributed by atoms with Crippen LogP contribution in [0.1, 0.15) is 11.1 Å².